The molecule has 146 valence electrons. The van der Waals surface area contributed by atoms with E-state index in [-0.39, 0.29) is 0 Å². The Hall–Kier alpha value is -2.63. The van der Waals surface area contributed by atoms with E-state index < -0.39 is 7.26 Å². The summed E-state index contributed by atoms with van der Waals surface area (Å²) in [6.07, 6.45) is 4.49. The van der Waals surface area contributed by atoms with Gasteiger partial charge in [-0.1, -0.05) is 54.6 Å². The molecule has 0 saturated carbocycles. The van der Waals surface area contributed by atoms with Crippen molar-refractivity contribution in [3.63, 3.8) is 0 Å². The molecule has 4 aromatic rings. The molecule has 4 rings (SSSR count). The number of aryl methyl sites for hydroxylation is 2. The first-order chi connectivity index (χ1) is 14.3. The first kappa shape index (κ1) is 19.7. The number of benzene rings is 3. The maximum absolute atomic E-state index is 5.78. The maximum Gasteiger partial charge on any atom is 0.112 e. The Labute approximate surface area is 174 Å². The first-order valence-electron chi connectivity index (χ1n) is 10.4. The molecule has 1 nitrogen and oxygen atoms in total. The van der Waals surface area contributed by atoms with Crippen molar-refractivity contribution in [1.82, 2.24) is 0 Å². The summed E-state index contributed by atoms with van der Waals surface area (Å²) in [5.41, 5.74) is 0. The third kappa shape index (κ3) is 4.36. The summed E-state index contributed by atoms with van der Waals surface area (Å²) >= 11 is 0. The van der Waals surface area contributed by atoms with Crippen LogP contribution in [0.3, 0.4) is 0 Å². The lowest BCUT2D eigenvalue weighted by Gasteiger charge is -2.27. The fourth-order valence-corrected chi connectivity index (χ4v) is 8.56. The van der Waals surface area contributed by atoms with E-state index in [0.717, 1.165) is 24.4 Å². The van der Waals surface area contributed by atoms with E-state index in [4.69, 9.17) is 4.42 Å². The van der Waals surface area contributed by atoms with Crippen molar-refractivity contribution >= 4 is 23.2 Å². The summed E-state index contributed by atoms with van der Waals surface area (Å²) in [4.78, 5) is 0. The highest BCUT2D eigenvalue weighted by Crippen LogP contribution is 2.55. The molecule has 0 amide bonds. The van der Waals surface area contributed by atoms with Gasteiger partial charge in [0.05, 0.1) is 6.16 Å². The fourth-order valence-electron chi connectivity index (χ4n) is 4.15. The van der Waals surface area contributed by atoms with E-state index in [0.29, 0.717) is 0 Å². The van der Waals surface area contributed by atoms with Gasteiger partial charge >= 0.3 is 0 Å². The number of rotatable bonds is 8. The van der Waals surface area contributed by atoms with Gasteiger partial charge in [0.2, 0.25) is 0 Å². The molecule has 0 saturated heterocycles. The van der Waals surface area contributed by atoms with Crippen molar-refractivity contribution in [2.24, 2.45) is 0 Å². The number of furan rings is 1. The van der Waals surface area contributed by atoms with Crippen LogP contribution in [-0.2, 0) is 6.42 Å². The van der Waals surface area contributed by atoms with Crippen LogP contribution in [0.15, 0.2) is 108 Å². The third-order valence-electron chi connectivity index (χ3n) is 5.55. The predicted octanol–water partition coefficient (Wildman–Crippen LogP) is 5.90. The summed E-state index contributed by atoms with van der Waals surface area (Å²) in [6.45, 7) is 2.01. The standard InChI is InChI=1S/C27H28OP/c1-23-20-21-24(28-23)13-11-12-22-29(25-14-5-2-6-15-25,26-16-7-3-8-17-26)27-18-9-4-10-19-27/h2-10,14-21H,11-13,22H2,1H3/q+1. The van der Waals surface area contributed by atoms with Crippen LogP contribution in [0.5, 0.6) is 0 Å². The first-order valence-corrected chi connectivity index (χ1v) is 12.4. The summed E-state index contributed by atoms with van der Waals surface area (Å²) in [7, 11) is -1.70. The Bertz CT molecular complexity index is 909. The average Bonchev–Trinajstić information content (AvgIpc) is 3.21. The molecule has 0 aliphatic carbocycles. The fraction of sp³-hybridized carbons (Fsp3) is 0.185. The van der Waals surface area contributed by atoms with Gasteiger partial charge in [0, 0.05) is 6.42 Å². The van der Waals surface area contributed by atoms with Gasteiger partial charge in [-0.05, 0) is 68.3 Å². The molecule has 0 aliphatic heterocycles. The number of unbranched alkanes of at least 4 members (excludes halogenated alkanes) is 1. The van der Waals surface area contributed by atoms with E-state index in [1.165, 1.54) is 28.5 Å². The topological polar surface area (TPSA) is 13.1 Å². The summed E-state index contributed by atoms with van der Waals surface area (Å²) in [6, 6.07) is 37.6. The van der Waals surface area contributed by atoms with E-state index >= 15 is 0 Å². The molecule has 29 heavy (non-hydrogen) atoms. The Morgan fingerprint density at radius 2 is 1.07 bits per heavy atom. The molecule has 0 fully saturated rings. The van der Waals surface area contributed by atoms with Gasteiger partial charge in [-0.15, -0.1) is 0 Å². The predicted molar refractivity (Wildman–Crippen MR) is 126 cm³/mol. The second-order valence-corrected chi connectivity index (χ2v) is 11.1. The van der Waals surface area contributed by atoms with Crippen LogP contribution in [0.2, 0.25) is 0 Å². The lowest BCUT2D eigenvalue weighted by atomic mass is 10.2. The largest absolute Gasteiger partial charge is 0.466 e. The number of hydrogen-bond donors (Lipinski definition) is 0. The molecule has 2 heteroatoms. The van der Waals surface area contributed by atoms with Gasteiger partial charge in [-0.3, -0.25) is 0 Å². The molecular weight excluding hydrogens is 371 g/mol. The molecule has 0 N–H and O–H groups in total. The van der Waals surface area contributed by atoms with Gasteiger partial charge in [0.15, 0.2) is 0 Å². The highest BCUT2D eigenvalue weighted by atomic mass is 31.2. The van der Waals surface area contributed by atoms with Gasteiger partial charge in [0.1, 0.15) is 34.7 Å². The van der Waals surface area contributed by atoms with Gasteiger partial charge in [-0.25, -0.2) is 0 Å². The van der Waals surface area contributed by atoms with E-state index in [1.54, 1.807) is 0 Å². The van der Waals surface area contributed by atoms with Crippen LogP contribution >= 0.6 is 7.26 Å². The zero-order valence-electron chi connectivity index (χ0n) is 17.0. The molecule has 1 aromatic heterocycles. The van der Waals surface area contributed by atoms with Crippen molar-refractivity contribution in [3.8, 4) is 0 Å². The SMILES string of the molecule is Cc1ccc(CCCC[P+](c2ccccc2)(c2ccccc2)c2ccccc2)o1. The van der Waals surface area contributed by atoms with Gasteiger partial charge < -0.3 is 4.42 Å². The molecule has 0 unspecified atom stereocenters. The molecule has 0 bridgehead atoms. The lowest BCUT2D eigenvalue weighted by Crippen LogP contribution is -2.33. The smallest absolute Gasteiger partial charge is 0.112 e. The van der Waals surface area contributed by atoms with Crippen molar-refractivity contribution in [2.45, 2.75) is 26.2 Å². The Morgan fingerprint density at radius 3 is 1.48 bits per heavy atom. The van der Waals surface area contributed by atoms with Gasteiger partial charge in [-0.2, -0.15) is 0 Å². The summed E-state index contributed by atoms with van der Waals surface area (Å²) < 4.78 is 5.78. The normalized spacial score (nSPS) is 11.5. The zero-order chi connectivity index (χ0) is 19.9. The van der Waals surface area contributed by atoms with Crippen LogP contribution < -0.4 is 15.9 Å². The zero-order valence-corrected chi connectivity index (χ0v) is 17.9. The van der Waals surface area contributed by atoms with Crippen LogP contribution in [0, 0.1) is 6.92 Å². The van der Waals surface area contributed by atoms with E-state index in [2.05, 4.69) is 103 Å². The summed E-state index contributed by atoms with van der Waals surface area (Å²) in [5.74, 6) is 2.10. The highest BCUT2D eigenvalue weighted by Gasteiger charge is 2.44. The molecule has 0 spiro atoms. The van der Waals surface area contributed by atoms with Crippen LogP contribution in [0.1, 0.15) is 24.4 Å². The molecule has 0 aliphatic rings. The highest BCUT2D eigenvalue weighted by molar-refractivity contribution is 7.95. The second-order valence-electron chi connectivity index (χ2n) is 7.51. The Kier molecular flexibility index (Phi) is 6.27. The van der Waals surface area contributed by atoms with E-state index in [1.807, 2.05) is 6.92 Å². The molecule has 0 atom stereocenters. The molecule has 3 aromatic carbocycles. The van der Waals surface area contributed by atoms with Gasteiger partial charge in [0.25, 0.3) is 0 Å². The van der Waals surface area contributed by atoms with Crippen LogP contribution in [0.4, 0.5) is 0 Å². The Balaban J connectivity index is 1.69. The third-order valence-corrected chi connectivity index (χ3v) is 10.1. The van der Waals surface area contributed by atoms with E-state index in [9.17, 15) is 0 Å². The van der Waals surface area contributed by atoms with Crippen molar-refractivity contribution in [3.05, 3.63) is 115 Å². The minimum atomic E-state index is -1.70. The maximum atomic E-state index is 5.78. The molecule has 0 radical (unpaired) electrons. The van der Waals surface area contributed by atoms with Crippen LogP contribution in [-0.4, -0.2) is 6.16 Å². The summed E-state index contributed by atoms with van der Waals surface area (Å²) in [5, 5.41) is 4.39. The molecule has 1 heterocycles. The second kappa shape index (κ2) is 9.25. The lowest BCUT2D eigenvalue weighted by molar-refractivity contribution is 0.476. The quantitative estimate of drug-likeness (QED) is 0.265. The minimum absolute atomic E-state index is 1.000. The number of hydrogen-bond acceptors (Lipinski definition) is 1. The minimum Gasteiger partial charge on any atom is -0.466 e. The molecular formula is C27H28OP+. The van der Waals surface area contributed by atoms with Crippen molar-refractivity contribution < 1.29 is 4.42 Å². The Morgan fingerprint density at radius 1 is 0.586 bits per heavy atom. The van der Waals surface area contributed by atoms with Crippen LogP contribution in [0.25, 0.3) is 0 Å². The van der Waals surface area contributed by atoms with Crippen molar-refractivity contribution in [1.29, 1.82) is 0 Å². The van der Waals surface area contributed by atoms with Crippen molar-refractivity contribution in [2.75, 3.05) is 6.16 Å². The average molecular weight is 399 g/mol. The monoisotopic (exact) mass is 399 g/mol.